The smallest absolute Gasteiger partial charge is 0.247 e. The van der Waals surface area contributed by atoms with Crippen LogP contribution in [0.3, 0.4) is 0 Å². The molecule has 0 spiro atoms. The van der Waals surface area contributed by atoms with Gasteiger partial charge in [0.15, 0.2) is 0 Å². The van der Waals surface area contributed by atoms with E-state index in [1.54, 1.807) is 38.1 Å². The second kappa shape index (κ2) is 8.27. The minimum atomic E-state index is -3.86. The summed E-state index contributed by atoms with van der Waals surface area (Å²) < 4.78 is 56.3. The first-order valence-corrected chi connectivity index (χ1v) is 11.8. The van der Waals surface area contributed by atoms with Crippen LogP contribution in [0, 0.1) is 0 Å². The van der Waals surface area contributed by atoms with Gasteiger partial charge in [-0.05, 0) is 49.7 Å². The van der Waals surface area contributed by atoms with E-state index in [4.69, 9.17) is 9.88 Å². The molecular weight excluding hydrogens is 456 g/mol. The molecule has 0 aromatic heterocycles. The van der Waals surface area contributed by atoms with Gasteiger partial charge in [0.25, 0.3) is 0 Å². The van der Waals surface area contributed by atoms with E-state index in [0.29, 0.717) is 16.6 Å². The van der Waals surface area contributed by atoms with Crippen molar-refractivity contribution in [3.63, 3.8) is 0 Å². The van der Waals surface area contributed by atoms with Crippen LogP contribution in [0.4, 0.5) is 0 Å². The number of ether oxygens (including phenoxy) is 1. The van der Waals surface area contributed by atoms with Gasteiger partial charge in [0.1, 0.15) is 10.6 Å². The number of nitrogens with zero attached hydrogens (tertiary/aromatic N) is 1. The lowest BCUT2D eigenvalue weighted by Crippen LogP contribution is -2.30. The van der Waals surface area contributed by atoms with E-state index in [9.17, 15) is 16.8 Å². The molecule has 148 valence electrons. The minimum Gasteiger partial charge on any atom is -0.492 e. The molecule has 1 atom stereocenters. The number of rotatable bonds is 7. The fraction of sp³-hybridized carbons (Fsp3) is 0.294. The van der Waals surface area contributed by atoms with Crippen LogP contribution in [0.1, 0.15) is 25.5 Å². The summed E-state index contributed by atoms with van der Waals surface area (Å²) in [4.78, 5) is 0.0174. The fourth-order valence-electron chi connectivity index (χ4n) is 2.47. The third kappa shape index (κ3) is 4.88. The molecule has 7 nitrogen and oxygen atoms in total. The summed E-state index contributed by atoms with van der Waals surface area (Å²) in [6, 6.07) is 10.0. The van der Waals surface area contributed by atoms with Gasteiger partial charge in [-0.25, -0.2) is 22.0 Å². The van der Waals surface area contributed by atoms with Crippen LogP contribution in [-0.2, 0) is 20.0 Å². The predicted molar refractivity (Wildman–Crippen MR) is 106 cm³/mol. The Kier molecular flexibility index (Phi) is 6.69. The maximum atomic E-state index is 13.1. The highest BCUT2D eigenvalue weighted by atomic mass is 79.9. The Morgan fingerprint density at radius 2 is 1.70 bits per heavy atom. The highest BCUT2D eigenvalue weighted by Crippen LogP contribution is 2.33. The van der Waals surface area contributed by atoms with Crippen molar-refractivity contribution in [1.82, 2.24) is 4.31 Å². The molecule has 0 saturated carbocycles. The highest BCUT2D eigenvalue weighted by molar-refractivity contribution is 9.10. The second-order valence-corrected chi connectivity index (χ2v) is 10.3. The average Bonchev–Trinajstić information content (AvgIpc) is 2.61. The van der Waals surface area contributed by atoms with Crippen LogP contribution in [0.25, 0.3) is 0 Å². The maximum absolute atomic E-state index is 13.1. The summed E-state index contributed by atoms with van der Waals surface area (Å²) in [5.74, 6) is 0.268. The molecule has 0 aliphatic carbocycles. The normalized spacial score (nSPS) is 13.6. The first-order valence-electron chi connectivity index (χ1n) is 8.01. The average molecular weight is 477 g/mol. The second-order valence-electron chi connectivity index (χ2n) is 5.84. The molecule has 0 radical (unpaired) electrons. The molecule has 0 fully saturated rings. The van der Waals surface area contributed by atoms with E-state index < -0.39 is 26.1 Å². The van der Waals surface area contributed by atoms with Crippen molar-refractivity contribution in [2.75, 3.05) is 13.7 Å². The largest absolute Gasteiger partial charge is 0.492 e. The quantitative estimate of drug-likeness (QED) is 0.660. The number of sulfonamides is 2. The predicted octanol–water partition coefficient (Wildman–Crippen LogP) is 2.88. The maximum Gasteiger partial charge on any atom is 0.247 e. The van der Waals surface area contributed by atoms with Crippen molar-refractivity contribution in [2.45, 2.75) is 29.7 Å². The number of hydrogen-bond acceptors (Lipinski definition) is 5. The molecular formula is C17H21BrN2O5S2. The van der Waals surface area contributed by atoms with E-state index in [1.165, 1.54) is 29.6 Å². The molecule has 2 N–H and O–H groups in total. The van der Waals surface area contributed by atoms with Crippen LogP contribution < -0.4 is 9.88 Å². The van der Waals surface area contributed by atoms with Crippen molar-refractivity contribution in [3.8, 4) is 5.75 Å². The van der Waals surface area contributed by atoms with Gasteiger partial charge in [0.05, 0.1) is 11.5 Å². The van der Waals surface area contributed by atoms with Crippen molar-refractivity contribution < 1.29 is 21.6 Å². The zero-order chi connectivity index (χ0) is 20.4. The summed E-state index contributed by atoms with van der Waals surface area (Å²) in [7, 11) is -6.21. The molecule has 2 rings (SSSR count). The van der Waals surface area contributed by atoms with Gasteiger partial charge in [-0.15, -0.1) is 0 Å². The third-order valence-corrected chi connectivity index (χ3v) is 7.47. The fourth-order valence-corrected chi connectivity index (χ4v) is 5.00. The lowest BCUT2D eigenvalue weighted by molar-refractivity contribution is 0.328. The zero-order valence-corrected chi connectivity index (χ0v) is 18.3. The number of hydrogen-bond donors (Lipinski definition) is 1. The van der Waals surface area contributed by atoms with E-state index >= 15 is 0 Å². The number of benzene rings is 2. The number of nitrogens with two attached hydrogens (primary N) is 1. The van der Waals surface area contributed by atoms with Gasteiger partial charge in [-0.1, -0.05) is 28.1 Å². The zero-order valence-electron chi connectivity index (χ0n) is 15.1. The molecule has 0 heterocycles. The molecule has 2 aromatic carbocycles. The Balaban J connectivity index is 2.41. The molecule has 1 unspecified atom stereocenters. The first-order chi connectivity index (χ1) is 12.5. The lowest BCUT2D eigenvalue weighted by Gasteiger charge is -2.26. The van der Waals surface area contributed by atoms with Crippen LogP contribution in [-0.4, -0.2) is 34.8 Å². The van der Waals surface area contributed by atoms with Crippen LogP contribution in [0.2, 0.25) is 0 Å². The van der Waals surface area contributed by atoms with E-state index in [-0.39, 0.29) is 15.5 Å². The molecule has 27 heavy (non-hydrogen) atoms. The van der Waals surface area contributed by atoms with Crippen molar-refractivity contribution in [1.29, 1.82) is 0 Å². The van der Waals surface area contributed by atoms with Gasteiger partial charge in [0, 0.05) is 17.6 Å². The Hall–Kier alpha value is -1.46. The molecule has 0 aliphatic rings. The van der Waals surface area contributed by atoms with Crippen molar-refractivity contribution >= 4 is 36.0 Å². The van der Waals surface area contributed by atoms with Gasteiger partial charge in [-0.3, -0.25) is 0 Å². The summed E-state index contributed by atoms with van der Waals surface area (Å²) in [5, 5.41) is 5.09. The number of primary sulfonamides is 1. The highest BCUT2D eigenvalue weighted by Gasteiger charge is 2.29. The van der Waals surface area contributed by atoms with E-state index in [1.807, 2.05) is 0 Å². The third-order valence-electron chi connectivity index (χ3n) is 4.10. The van der Waals surface area contributed by atoms with Gasteiger partial charge >= 0.3 is 0 Å². The summed E-state index contributed by atoms with van der Waals surface area (Å²) in [5.41, 5.74) is 0.626. The lowest BCUT2D eigenvalue weighted by atomic mass is 10.1. The first kappa shape index (κ1) is 21.8. The Morgan fingerprint density at radius 1 is 1.11 bits per heavy atom. The number of halogens is 1. The summed E-state index contributed by atoms with van der Waals surface area (Å²) >= 11 is 3.29. The molecule has 0 saturated heterocycles. The SMILES string of the molecule is CCOc1ccc(Br)cc1S(=O)(=O)N(C)C(C)c1ccc(S(N)(=O)=O)cc1. The monoisotopic (exact) mass is 476 g/mol. The van der Waals surface area contributed by atoms with Crippen LogP contribution in [0.5, 0.6) is 5.75 Å². The Bertz CT molecular complexity index is 1020. The van der Waals surface area contributed by atoms with Gasteiger partial charge in [-0.2, -0.15) is 4.31 Å². The van der Waals surface area contributed by atoms with Crippen molar-refractivity contribution in [2.24, 2.45) is 5.14 Å². The van der Waals surface area contributed by atoms with Crippen LogP contribution in [0.15, 0.2) is 56.7 Å². The summed E-state index contributed by atoms with van der Waals surface area (Å²) in [6.45, 7) is 3.82. The van der Waals surface area contributed by atoms with Crippen LogP contribution >= 0.6 is 15.9 Å². The van der Waals surface area contributed by atoms with Crippen molar-refractivity contribution in [3.05, 3.63) is 52.5 Å². The molecule has 10 heteroatoms. The molecule has 0 bridgehead atoms. The van der Waals surface area contributed by atoms with Gasteiger partial charge < -0.3 is 4.74 Å². The molecule has 2 aromatic rings. The Labute approximate surface area is 168 Å². The minimum absolute atomic E-state index is 0.0328. The topological polar surface area (TPSA) is 107 Å². The Morgan fingerprint density at radius 3 is 2.22 bits per heavy atom. The standard InChI is InChI=1S/C17H21BrN2O5S2/c1-4-25-16-10-7-14(18)11-17(16)27(23,24)20(3)12(2)13-5-8-15(9-6-13)26(19,21)22/h5-12H,4H2,1-3H3,(H2,19,21,22). The van der Waals surface area contributed by atoms with E-state index in [2.05, 4.69) is 15.9 Å². The molecule has 0 aliphatic heterocycles. The summed E-state index contributed by atoms with van der Waals surface area (Å²) in [6.07, 6.45) is 0. The van der Waals surface area contributed by atoms with Gasteiger partial charge in [0.2, 0.25) is 20.0 Å². The van der Waals surface area contributed by atoms with E-state index in [0.717, 1.165) is 0 Å². The molecule has 0 amide bonds.